The highest BCUT2D eigenvalue weighted by atomic mass is 16.5. The summed E-state index contributed by atoms with van der Waals surface area (Å²) in [6.45, 7) is 5.45. The summed E-state index contributed by atoms with van der Waals surface area (Å²) < 4.78 is 5.25. The SMILES string of the molecule is C=Cc1ccc(C(=O)N2CCCC2)cc1OC. The lowest BCUT2D eigenvalue weighted by molar-refractivity contribution is 0.0792. The molecule has 1 fully saturated rings. The number of hydrogen-bond acceptors (Lipinski definition) is 2. The van der Waals surface area contributed by atoms with Gasteiger partial charge in [0, 0.05) is 24.2 Å². The van der Waals surface area contributed by atoms with Crippen LogP contribution in [0.25, 0.3) is 6.08 Å². The summed E-state index contributed by atoms with van der Waals surface area (Å²) in [6.07, 6.45) is 3.93. The van der Waals surface area contributed by atoms with E-state index in [9.17, 15) is 4.79 Å². The summed E-state index contributed by atoms with van der Waals surface area (Å²) in [5.41, 5.74) is 1.60. The predicted octanol–water partition coefficient (Wildman–Crippen LogP) is 2.57. The van der Waals surface area contributed by atoms with Gasteiger partial charge in [-0.1, -0.05) is 18.7 Å². The average molecular weight is 231 g/mol. The first kappa shape index (κ1) is 11.7. The molecule has 90 valence electrons. The normalized spacial score (nSPS) is 14.8. The Bertz CT molecular complexity index is 434. The average Bonchev–Trinajstić information content (AvgIpc) is 2.90. The second-order valence-corrected chi connectivity index (χ2v) is 4.16. The van der Waals surface area contributed by atoms with E-state index < -0.39 is 0 Å². The van der Waals surface area contributed by atoms with Gasteiger partial charge in [-0.3, -0.25) is 4.79 Å². The molecule has 1 aliphatic rings. The molecule has 0 N–H and O–H groups in total. The van der Waals surface area contributed by atoms with E-state index in [1.165, 1.54) is 0 Å². The topological polar surface area (TPSA) is 29.5 Å². The van der Waals surface area contributed by atoms with Crippen molar-refractivity contribution in [3.63, 3.8) is 0 Å². The molecule has 1 amide bonds. The van der Waals surface area contributed by atoms with Gasteiger partial charge < -0.3 is 9.64 Å². The number of nitrogens with zero attached hydrogens (tertiary/aromatic N) is 1. The van der Waals surface area contributed by atoms with E-state index in [4.69, 9.17) is 4.74 Å². The third kappa shape index (κ3) is 2.33. The smallest absolute Gasteiger partial charge is 0.253 e. The molecule has 0 unspecified atom stereocenters. The van der Waals surface area contributed by atoms with E-state index >= 15 is 0 Å². The van der Waals surface area contributed by atoms with Gasteiger partial charge in [-0.2, -0.15) is 0 Å². The highest BCUT2D eigenvalue weighted by Crippen LogP contribution is 2.23. The molecule has 0 aromatic heterocycles. The lowest BCUT2D eigenvalue weighted by atomic mass is 10.1. The molecule has 1 aromatic rings. The van der Waals surface area contributed by atoms with Crippen LogP contribution in [0.3, 0.4) is 0 Å². The van der Waals surface area contributed by atoms with Crippen LogP contribution in [0.1, 0.15) is 28.8 Å². The summed E-state index contributed by atoms with van der Waals surface area (Å²) in [6, 6.07) is 5.49. The van der Waals surface area contributed by atoms with Crippen LogP contribution < -0.4 is 4.74 Å². The van der Waals surface area contributed by atoms with Crippen LogP contribution in [0.5, 0.6) is 5.75 Å². The number of rotatable bonds is 3. The third-order valence-electron chi connectivity index (χ3n) is 3.09. The van der Waals surface area contributed by atoms with E-state index in [2.05, 4.69) is 6.58 Å². The fourth-order valence-corrected chi connectivity index (χ4v) is 2.12. The molecule has 0 bridgehead atoms. The van der Waals surface area contributed by atoms with Gasteiger partial charge in [-0.15, -0.1) is 0 Å². The zero-order chi connectivity index (χ0) is 12.3. The Hall–Kier alpha value is -1.77. The number of likely N-dealkylation sites (tertiary alicyclic amines) is 1. The van der Waals surface area contributed by atoms with Gasteiger partial charge in [0.2, 0.25) is 0 Å². The molecule has 17 heavy (non-hydrogen) atoms. The van der Waals surface area contributed by atoms with Crippen molar-refractivity contribution in [2.24, 2.45) is 0 Å². The fourth-order valence-electron chi connectivity index (χ4n) is 2.12. The van der Waals surface area contributed by atoms with Gasteiger partial charge in [0.1, 0.15) is 5.75 Å². The minimum absolute atomic E-state index is 0.0939. The minimum atomic E-state index is 0.0939. The van der Waals surface area contributed by atoms with Gasteiger partial charge in [0.05, 0.1) is 7.11 Å². The number of methoxy groups -OCH3 is 1. The van der Waals surface area contributed by atoms with Crippen LogP contribution in [-0.2, 0) is 0 Å². The first-order valence-electron chi connectivity index (χ1n) is 5.86. The van der Waals surface area contributed by atoms with Crippen molar-refractivity contribution in [3.8, 4) is 5.75 Å². The second kappa shape index (κ2) is 5.04. The summed E-state index contributed by atoms with van der Waals surface area (Å²) in [4.78, 5) is 14.1. The van der Waals surface area contributed by atoms with Crippen LogP contribution >= 0.6 is 0 Å². The quantitative estimate of drug-likeness (QED) is 0.800. The maximum absolute atomic E-state index is 12.2. The van der Waals surface area contributed by atoms with Crippen molar-refractivity contribution in [1.82, 2.24) is 4.90 Å². The van der Waals surface area contributed by atoms with E-state index in [1.54, 1.807) is 19.3 Å². The van der Waals surface area contributed by atoms with Crippen molar-refractivity contribution < 1.29 is 9.53 Å². The van der Waals surface area contributed by atoms with E-state index in [0.29, 0.717) is 11.3 Å². The number of carbonyl (C=O) groups is 1. The zero-order valence-corrected chi connectivity index (χ0v) is 10.1. The number of benzene rings is 1. The number of amides is 1. The van der Waals surface area contributed by atoms with Crippen LogP contribution in [0.4, 0.5) is 0 Å². The Labute approximate surface area is 102 Å². The Morgan fingerprint density at radius 2 is 2.12 bits per heavy atom. The predicted molar refractivity (Wildman–Crippen MR) is 68.2 cm³/mol. The monoisotopic (exact) mass is 231 g/mol. The molecule has 0 atom stereocenters. The molecule has 0 aliphatic carbocycles. The number of hydrogen-bond donors (Lipinski definition) is 0. The van der Waals surface area contributed by atoms with Gasteiger partial charge in [0.25, 0.3) is 5.91 Å². The van der Waals surface area contributed by atoms with Crippen molar-refractivity contribution in [3.05, 3.63) is 35.9 Å². The Morgan fingerprint density at radius 3 is 2.71 bits per heavy atom. The first-order chi connectivity index (χ1) is 8.26. The summed E-state index contributed by atoms with van der Waals surface area (Å²) in [5.74, 6) is 0.793. The first-order valence-corrected chi connectivity index (χ1v) is 5.86. The van der Waals surface area contributed by atoms with E-state index in [1.807, 2.05) is 17.0 Å². The van der Waals surface area contributed by atoms with Gasteiger partial charge in [-0.05, 0) is 25.0 Å². The molecule has 1 aromatic carbocycles. The molecule has 0 saturated carbocycles. The highest BCUT2D eigenvalue weighted by Gasteiger charge is 2.20. The summed E-state index contributed by atoms with van der Waals surface area (Å²) in [7, 11) is 1.60. The van der Waals surface area contributed by atoms with Crippen molar-refractivity contribution in [1.29, 1.82) is 0 Å². The highest BCUT2D eigenvalue weighted by molar-refractivity contribution is 5.95. The maximum atomic E-state index is 12.2. The Balaban J connectivity index is 2.26. The molecule has 0 spiro atoms. The molecular weight excluding hydrogens is 214 g/mol. The van der Waals surface area contributed by atoms with E-state index in [-0.39, 0.29) is 5.91 Å². The standard InChI is InChI=1S/C14H17NO2/c1-3-11-6-7-12(10-13(11)17-2)14(16)15-8-4-5-9-15/h3,6-7,10H,1,4-5,8-9H2,2H3. The largest absolute Gasteiger partial charge is 0.496 e. The fraction of sp³-hybridized carbons (Fsp3) is 0.357. The van der Waals surface area contributed by atoms with E-state index in [0.717, 1.165) is 31.5 Å². The lowest BCUT2D eigenvalue weighted by Gasteiger charge is -2.16. The molecule has 1 aliphatic heterocycles. The van der Waals surface area contributed by atoms with Gasteiger partial charge in [0.15, 0.2) is 0 Å². The van der Waals surface area contributed by atoms with Crippen molar-refractivity contribution >= 4 is 12.0 Å². The summed E-state index contributed by atoms with van der Waals surface area (Å²) in [5, 5.41) is 0. The maximum Gasteiger partial charge on any atom is 0.253 e. The Morgan fingerprint density at radius 1 is 1.41 bits per heavy atom. The molecule has 1 heterocycles. The molecule has 3 nitrogen and oxygen atoms in total. The van der Waals surface area contributed by atoms with Crippen LogP contribution in [0.15, 0.2) is 24.8 Å². The van der Waals surface area contributed by atoms with Crippen LogP contribution in [-0.4, -0.2) is 31.0 Å². The molecule has 1 saturated heterocycles. The van der Waals surface area contributed by atoms with Crippen LogP contribution in [0, 0.1) is 0 Å². The minimum Gasteiger partial charge on any atom is -0.496 e. The summed E-state index contributed by atoms with van der Waals surface area (Å²) >= 11 is 0. The van der Waals surface area contributed by atoms with Crippen molar-refractivity contribution in [2.75, 3.05) is 20.2 Å². The van der Waals surface area contributed by atoms with Gasteiger partial charge >= 0.3 is 0 Å². The third-order valence-corrected chi connectivity index (χ3v) is 3.09. The molecule has 3 heteroatoms. The number of carbonyl (C=O) groups excluding carboxylic acids is 1. The van der Waals surface area contributed by atoms with Gasteiger partial charge in [-0.25, -0.2) is 0 Å². The van der Waals surface area contributed by atoms with Crippen molar-refractivity contribution in [2.45, 2.75) is 12.8 Å². The second-order valence-electron chi connectivity index (χ2n) is 4.16. The lowest BCUT2D eigenvalue weighted by Crippen LogP contribution is -2.27. The zero-order valence-electron chi connectivity index (χ0n) is 10.1. The molecule has 0 radical (unpaired) electrons. The molecular formula is C14H17NO2. The Kier molecular flexibility index (Phi) is 3.47. The number of ether oxygens (including phenoxy) is 1. The van der Waals surface area contributed by atoms with Crippen LogP contribution in [0.2, 0.25) is 0 Å². The molecule has 2 rings (SSSR count).